The van der Waals surface area contributed by atoms with E-state index in [0.29, 0.717) is 24.7 Å². The lowest BCUT2D eigenvalue weighted by Crippen LogP contribution is -2.22. The molecule has 6 heteroatoms. The zero-order chi connectivity index (χ0) is 22.0. The molecule has 4 rings (SSSR count). The van der Waals surface area contributed by atoms with Crippen LogP contribution in [0, 0.1) is 0 Å². The molecule has 166 valence electrons. The molecule has 0 radical (unpaired) electrons. The number of hydrogen-bond donors (Lipinski definition) is 2. The summed E-state index contributed by atoms with van der Waals surface area (Å²) in [7, 11) is 0. The molecule has 3 aromatic rings. The molecule has 3 aromatic carbocycles. The molecular formula is C26H28N2O4. The number of nitrogens with one attached hydrogen (secondary N) is 2. The molecule has 0 aliphatic carbocycles. The van der Waals surface area contributed by atoms with Crippen molar-refractivity contribution in [2.24, 2.45) is 0 Å². The molecule has 2 N–H and O–H groups in total. The molecule has 0 spiro atoms. The lowest BCUT2D eigenvalue weighted by atomic mass is 10.2. The van der Waals surface area contributed by atoms with Crippen LogP contribution in [0.1, 0.15) is 18.4 Å². The highest BCUT2D eigenvalue weighted by atomic mass is 16.5. The molecule has 1 fully saturated rings. The Morgan fingerprint density at radius 1 is 0.938 bits per heavy atom. The maximum absolute atomic E-state index is 12.4. The monoisotopic (exact) mass is 432 g/mol. The van der Waals surface area contributed by atoms with E-state index < -0.39 is 0 Å². The second-order valence-electron chi connectivity index (χ2n) is 7.64. The maximum Gasteiger partial charge on any atom is 0.243 e. The van der Waals surface area contributed by atoms with Gasteiger partial charge in [-0.1, -0.05) is 42.5 Å². The van der Waals surface area contributed by atoms with E-state index in [4.69, 9.17) is 14.2 Å². The Balaban J connectivity index is 1.23. The van der Waals surface area contributed by atoms with Gasteiger partial charge in [-0.2, -0.15) is 0 Å². The standard InChI is InChI=1S/C26H28N2O4/c29-26(28-24-10-4-5-11-25(24)32-19-23-9-6-16-30-23)17-27-21-12-14-22(15-13-21)31-18-20-7-2-1-3-8-20/h1-5,7-8,10-15,23,27H,6,9,16-19H2,(H,28,29). The van der Waals surface area contributed by atoms with Crippen LogP contribution in [0.4, 0.5) is 11.4 Å². The summed E-state index contributed by atoms with van der Waals surface area (Å²) in [6.45, 7) is 1.94. The van der Waals surface area contributed by atoms with E-state index in [9.17, 15) is 4.79 Å². The van der Waals surface area contributed by atoms with Gasteiger partial charge in [-0.25, -0.2) is 0 Å². The largest absolute Gasteiger partial charge is 0.489 e. The third kappa shape index (κ3) is 6.49. The van der Waals surface area contributed by atoms with Crippen molar-refractivity contribution < 1.29 is 19.0 Å². The van der Waals surface area contributed by atoms with Crippen molar-refractivity contribution in [2.45, 2.75) is 25.6 Å². The van der Waals surface area contributed by atoms with Gasteiger partial charge >= 0.3 is 0 Å². The normalized spacial score (nSPS) is 15.2. The number of ether oxygens (including phenoxy) is 3. The van der Waals surface area contributed by atoms with Crippen molar-refractivity contribution in [3.05, 3.63) is 84.4 Å². The van der Waals surface area contributed by atoms with E-state index >= 15 is 0 Å². The molecule has 1 aliphatic rings. The highest BCUT2D eigenvalue weighted by Crippen LogP contribution is 2.25. The van der Waals surface area contributed by atoms with Gasteiger partial charge in [0.05, 0.1) is 18.3 Å². The van der Waals surface area contributed by atoms with Gasteiger partial charge in [0, 0.05) is 12.3 Å². The quantitative estimate of drug-likeness (QED) is 0.478. The Morgan fingerprint density at radius 3 is 2.50 bits per heavy atom. The number of benzene rings is 3. The number of rotatable bonds is 10. The first-order valence-electron chi connectivity index (χ1n) is 10.9. The van der Waals surface area contributed by atoms with Gasteiger partial charge in [0.15, 0.2) is 0 Å². The van der Waals surface area contributed by atoms with Crippen LogP contribution in [-0.2, 0) is 16.1 Å². The predicted octanol–water partition coefficient (Wildman–Crippen LogP) is 4.87. The van der Waals surface area contributed by atoms with Crippen molar-refractivity contribution in [1.82, 2.24) is 0 Å². The summed E-state index contributed by atoms with van der Waals surface area (Å²) in [5, 5.41) is 6.05. The Bertz CT molecular complexity index is 986. The molecule has 0 bridgehead atoms. The minimum Gasteiger partial charge on any atom is -0.489 e. The second kappa shape index (κ2) is 11.2. The number of para-hydroxylation sites is 2. The van der Waals surface area contributed by atoms with Crippen LogP contribution in [-0.4, -0.2) is 31.8 Å². The van der Waals surface area contributed by atoms with Crippen LogP contribution in [0.2, 0.25) is 0 Å². The molecule has 0 aromatic heterocycles. The second-order valence-corrected chi connectivity index (χ2v) is 7.64. The third-order valence-electron chi connectivity index (χ3n) is 5.17. The Labute approximate surface area is 188 Å². The van der Waals surface area contributed by atoms with Crippen LogP contribution in [0.25, 0.3) is 0 Å². The van der Waals surface area contributed by atoms with Gasteiger partial charge in [-0.15, -0.1) is 0 Å². The first-order valence-corrected chi connectivity index (χ1v) is 10.9. The van der Waals surface area contributed by atoms with E-state index in [0.717, 1.165) is 36.4 Å². The summed E-state index contributed by atoms with van der Waals surface area (Å²) in [5.41, 5.74) is 2.61. The Morgan fingerprint density at radius 2 is 1.72 bits per heavy atom. The van der Waals surface area contributed by atoms with Gasteiger partial charge in [-0.05, 0) is 54.8 Å². The average Bonchev–Trinajstić information content (AvgIpc) is 3.36. The molecule has 1 unspecified atom stereocenters. The van der Waals surface area contributed by atoms with Gasteiger partial charge in [0.1, 0.15) is 24.7 Å². The summed E-state index contributed by atoms with van der Waals surface area (Å²) in [6, 6.07) is 25.0. The van der Waals surface area contributed by atoms with E-state index in [-0.39, 0.29) is 18.6 Å². The number of carbonyl (C=O) groups excluding carboxylic acids is 1. The summed E-state index contributed by atoms with van der Waals surface area (Å²) in [6.07, 6.45) is 2.20. The summed E-state index contributed by atoms with van der Waals surface area (Å²) in [5.74, 6) is 1.28. The molecule has 6 nitrogen and oxygen atoms in total. The van der Waals surface area contributed by atoms with Crippen molar-refractivity contribution in [3.63, 3.8) is 0 Å². The molecule has 1 amide bonds. The third-order valence-corrected chi connectivity index (χ3v) is 5.17. The van der Waals surface area contributed by atoms with Gasteiger partial charge in [0.25, 0.3) is 0 Å². The van der Waals surface area contributed by atoms with Crippen LogP contribution >= 0.6 is 0 Å². The molecule has 1 atom stereocenters. The first-order chi connectivity index (χ1) is 15.8. The molecule has 32 heavy (non-hydrogen) atoms. The minimum absolute atomic E-state index is 0.125. The van der Waals surface area contributed by atoms with Crippen LogP contribution in [0.15, 0.2) is 78.9 Å². The van der Waals surface area contributed by atoms with Crippen molar-refractivity contribution in [1.29, 1.82) is 0 Å². The zero-order valence-electron chi connectivity index (χ0n) is 18.0. The van der Waals surface area contributed by atoms with E-state index in [1.54, 1.807) is 0 Å². The van der Waals surface area contributed by atoms with Gasteiger partial charge in [-0.3, -0.25) is 4.79 Å². The highest BCUT2D eigenvalue weighted by molar-refractivity contribution is 5.95. The number of hydrogen-bond acceptors (Lipinski definition) is 5. The summed E-state index contributed by atoms with van der Waals surface area (Å²) >= 11 is 0. The molecule has 1 saturated heterocycles. The Kier molecular flexibility index (Phi) is 7.60. The van der Waals surface area contributed by atoms with Crippen LogP contribution < -0.4 is 20.1 Å². The van der Waals surface area contributed by atoms with E-state index in [1.165, 1.54) is 0 Å². The molecule has 1 aliphatic heterocycles. The lowest BCUT2D eigenvalue weighted by Gasteiger charge is -2.15. The SMILES string of the molecule is O=C(CNc1ccc(OCc2ccccc2)cc1)Nc1ccccc1OCC1CCCO1. The maximum atomic E-state index is 12.4. The highest BCUT2D eigenvalue weighted by Gasteiger charge is 2.17. The Hall–Kier alpha value is -3.51. The van der Waals surface area contributed by atoms with E-state index in [1.807, 2.05) is 78.9 Å². The molecule has 0 saturated carbocycles. The fourth-order valence-corrected chi connectivity index (χ4v) is 3.44. The average molecular weight is 433 g/mol. The predicted molar refractivity (Wildman–Crippen MR) is 125 cm³/mol. The first kappa shape index (κ1) is 21.7. The van der Waals surface area contributed by atoms with Gasteiger partial charge in [0.2, 0.25) is 5.91 Å². The van der Waals surface area contributed by atoms with Crippen LogP contribution in [0.3, 0.4) is 0 Å². The number of amides is 1. The zero-order valence-corrected chi connectivity index (χ0v) is 18.0. The van der Waals surface area contributed by atoms with E-state index in [2.05, 4.69) is 10.6 Å². The lowest BCUT2D eigenvalue weighted by molar-refractivity contribution is -0.114. The topological polar surface area (TPSA) is 68.8 Å². The smallest absolute Gasteiger partial charge is 0.243 e. The molecule has 1 heterocycles. The number of anilines is 2. The minimum atomic E-state index is -0.150. The molecular weight excluding hydrogens is 404 g/mol. The van der Waals surface area contributed by atoms with Crippen molar-refractivity contribution >= 4 is 17.3 Å². The van der Waals surface area contributed by atoms with Crippen LogP contribution in [0.5, 0.6) is 11.5 Å². The van der Waals surface area contributed by atoms with Gasteiger partial charge < -0.3 is 24.8 Å². The fourth-order valence-electron chi connectivity index (χ4n) is 3.44. The van der Waals surface area contributed by atoms with Crippen molar-refractivity contribution in [2.75, 3.05) is 30.4 Å². The number of carbonyl (C=O) groups is 1. The van der Waals surface area contributed by atoms with Crippen molar-refractivity contribution in [3.8, 4) is 11.5 Å². The summed E-state index contributed by atoms with van der Waals surface area (Å²) in [4.78, 5) is 12.4. The summed E-state index contributed by atoms with van der Waals surface area (Å²) < 4.78 is 17.3. The fraction of sp³-hybridized carbons (Fsp3) is 0.269.